The predicted octanol–water partition coefficient (Wildman–Crippen LogP) is 4.11. The number of hydrogen-bond acceptors (Lipinski definition) is 6. The molecule has 3 N–H and O–H groups in total. The second kappa shape index (κ2) is 10.1. The van der Waals surface area contributed by atoms with Crippen molar-refractivity contribution in [3.63, 3.8) is 0 Å². The van der Waals surface area contributed by atoms with Gasteiger partial charge < -0.3 is 20.4 Å². The Morgan fingerprint density at radius 3 is 2.50 bits per heavy atom. The molecule has 1 saturated carbocycles. The van der Waals surface area contributed by atoms with Crippen molar-refractivity contribution in [1.82, 2.24) is 20.3 Å². The number of carbonyl (C=O) groups is 2. The summed E-state index contributed by atoms with van der Waals surface area (Å²) in [5.41, 5.74) is 1.52. The number of aromatic nitrogens is 3. The number of rotatable bonds is 6. The van der Waals surface area contributed by atoms with Crippen LogP contribution in [-0.2, 0) is 9.53 Å². The van der Waals surface area contributed by atoms with Crippen LogP contribution in [0.15, 0.2) is 36.8 Å². The highest BCUT2D eigenvalue weighted by molar-refractivity contribution is 6.35. The number of halogens is 1. The molecule has 0 radical (unpaired) electrons. The lowest BCUT2D eigenvalue weighted by molar-refractivity contribution is -0.127. The standard InChI is InChI=1S/C25H28ClN5O3/c26-20-4-2-1-3-18(20)22(32)19-13-27-23-21(19)24(29-14-28-23)30-16-7-5-15(6-8-16)25(33)31-17-9-11-34-12-10-17/h1-4,13-17H,5-12H2,(H,31,33)(H2,27,28,29,30)/t15-,16+. The first-order chi connectivity index (χ1) is 16.6. The van der Waals surface area contributed by atoms with Crippen molar-refractivity contribution in [2.45, 2.75) is 50.6 Å². The lowest BCUT2D eigenvalue weighted by atomic mass is 9.85. The molecule has 178 valence electrons. The minimum atomic E-state index is -0.178. The molecule has 0 unspecified atom stereocenters. The number of aromatic amines is 1. The Morgan fingerprint density at radius 2 is 1.74 bits per heavy atom. The highest BCUT2D eigenvalue weighted by Crippen LogP contribution is 2.31. The molecular formula is C25H28ClN5O3. The average molecular weight is 482 g/mol. The van der Waals surface area contributed by atoms with Gasteiger partial charge in [-0.25, -0.2) is 9.97 Å². The summed E-state index contributed by atoms with van der Waals surface area (Å²) in [4.78, 5) is 37.8. The number of carbonyl (C=O) groups excluding carboxylic acids is 2. The van der Waals surface area contributed by atoms with Gasteiger partial charge >= 0.3 is 0 Å². The van der Waals surface area contributed by atoms with Crippen LogP contribution in [0.3, 0.4) is 0 Å². The molecule has 1 aliphatic heterocycles. The second-order valence-electron chi connectivity index (χ2n) is 9.05. The molecule has 34 heavy (non-hydrogen) atoms. The third-order valence-electron chi connectivity index (χ3n) is 6.84. The average Bonchev–Trinajstić information content (AvgIpc) is 3.30. The molecule has 2 fully saturated rings. The zero-order valence-corrected chi connectivity index (χ0v) is 19.6. The minimum Gasteiger partial charge on any atom is -0.381 e. The number of nitrogens with one attached hydrogen (secondary N) is 3. The van der Waals surface area contributed by atoms with E-state index in [1.165, 1.54) is 6.33 Å². The second-order valence-corrected chi connectivity index (χ2v) is 9.45. The molecule has 1 saturated heterocycles. The van der Waals surface area contributed by atoms with E-state index in [2.05, 4.69) is 25.6 Å². The summed E-state index contributed by atoms with van der Waals surface area (Å²) in [6.07, 6.45) is 8.27. The number of amides is 1. The number of anilines is 1. The maximum atomic E-state index is 13.2. The topological polar surface area (TPSA) is 109 Å². The van der Waals surface area contributed by atoms with E-state index in [-0.39, 0.29) is 29.7 Å². The van der Waals surface area contributed by atoms with Gasteiger partial charge in [-0.1, -0.05) is 23.7 Å². The maximum absolute atomic E-state index is 13.2. The number of ether oxygens (including phenoxy) is 1. The largest absolute Gasteiger partial charge is 0.381 e. The van der Waals surface area contributed by atoms with E-state index in [0.29, 0.717) is 33.0 Å². The van der Waals surface area contributed by atoms with E-state index >= 15 is 0 Å². The van der Waals surface area contributed by atoms with E-state index in [0.717, 1.165) is 51.7 Å². The van der Waals surface area contributed by atoms with E-state index in [4.69, 9.17) is 16.3 Å². The molecular weight excluding hydrogens is 454 g/mol. The molecule has 1 aromatic carbocycles. The SMILES string of the molecule is O=C(c1ccccc1Cl)c1c[nH]c2ncnc(N[C@H]3CC[C@@H](C(=O)NC4CCOCC4)CC3)c12. The van der Waals surface area contributed by atoms with Gasteiger partial charge in [0.15, 0.2) is 5.78 Å². The van der Waals surface area contributed by atoms with Crippen LogP contribution in [0.4, 0.5) is 5.82 Å². The Hall–Kier alpha value is -2.97. The van der Waals surface area contributed by atoms with Crippen molar-refractivity contribution in [3.8, 4) is 0 Å². The van der Waals surface area contributed by atoms with Gasteiger partial charge in [0.1, 0.15) is 17.8 Å². The van der Waals surface area contributed by atoms with Crippen LogP contribution in [0.2, 0.25) is 5.02 Å². The van der Waals surface area contributed by atoms with Gasteiger partial charge in [-0.3, -0.25) is 9.59 Å². The Kier molecular flexibility index (Phi) is 6.78. The Morgan fingerprint density at radius 1 is 0.971 bits per heavy atom. The van der Waals surface area contributed by atoms with Crippen molar-refractivity contribution in [2.75, 3.05) is 18.5 Å². The number of ketones is 1. The van der Waals surface area contributed by atoms with Crippen LogP contribution >= 0.6 is 11.6 Å². The van der Waals surface area contributed by atoms with E-state index in [9.17, 15) is 9.59 Å². The summed E-state index contributed by atoms with van der Waals surface area (Å²) in [7, 11) is 0. The summed E-state index contributed by atoms with van der Waals surface area (Å²) >= 11 is 6.27. The third-order valence-corrected chi connectivity index (χ3v) is 7.17. The number of H-pyrrole nitrogens is 1. The minimum absolute atomic E-state index is 0.0379. The molecule has 0 atom stereocenters. The molecule has 8 nitrogen and oxygen atoms in total. The van der Waals surface area contributed by atoms with E-state index < -0.39 is 0 Å². The first-order valence-corrected chi connectivity index (χ1v) is 12.2. The van der Waals surface area contributed by atoms with Gasteiger partial charge in [0.2, 0.25) is 5.91 Å². The van der Waals surface area contributed by atoms with Crippen LogP contribution in [0, 0.1) is 5.92 Å². The quantitative estimate of drug-likeness (QED) is 0.457. The Bertz CT molecular complexity index is 1180. The summed E-state index contributed by atoms with van der Waals surface area (Å²) in [6, 6.07) is 7.41. The van der Waals surface area contributed by atoms with Crippen LogP contribution in [0.5, 0.6) is 0 Å². The van der Waals surface area contributed by atoms with Crippen molar-refractivity contribution in [1.29, 1.82) is 0 Å². The molecule has 0 bridgehead atoms. The Labute approximate surface area is 202 Å². The van der Waals surface area contributed by atoms with Crippen molar-refractivity contribution >= 4 is 40.1 Å². The number of hydrogen-bond donors (Lipinski definition) is 3. The van der Waals surface area contributed by atoms with Crippen LogP contribution in [-0.4, -0.2) is 51.9 Å². The van der Waals surface area contributed by atoms with Crippen molar-refractivity contribution in [3.05, 3.63) is 52.9 Å². The summed E-state index contributed by atoms with van der Waals surface area (Å²) < 4.78 is 5.38. The summed E-state index contributed by atoms with van der Waals surface area (Å²) in [6.45, 7) is 1.43. The highest BCUT2D eigenvalue weighted by Gasteiger charge is 2.29. The fraction of sp³-hybridized carbons (Fsp3) is 0.440. The molecule has 3 aromatic rings. The molecule has 2 aliphatic rings. The molecule has 2 aromatic heterocycles. The lowest BCUT2D eigenvalue weighted by Crippen LogP contribution is -2.43. The first kappa shape index (κ1) is 22.8. The van der Waals surface area contributed by atoms with Gasteiger partial charge in [0, 0.05) is 43.0 Å². The number of nitrogens with zero attached hydrogens (tertiary/aromatic N) is 2. The van der Waals surface area contributed by atoms with Gasteiger partial charge in [-0.15, -0.1) is 0 Å². The molecule has 1 amide bonds. The molecule has 1 aliphatic carbocycles. The zero-order valence-electron chi connectivity index (χ0n) is 18.9. The van der Waals surface area contributed by atoms with Crippen LogP contribution in [0.25, 0.3) is 11.0 Å². The van der Waals surface area contributed by atoms with Gasteiger partial charge in [0.05, 0.1) is 16.0 Å². The van der Waals surface area contributed by atoms with Crippen molar-refractivity contribution in [2.24, 2.45) is 5.92 Å². The Balaban J connectivity index is 1.27. The van der Waals surface area contributed by atoms with E-state index in [1.54, 1.807) is 30.5 Å². The molecule has 3 heterocycles. The number of fused-ring (bicyclic) bond motifs is 1. The van der Waals surface area contributed by atoms with Gasteiger partial charge in [-0.2, -0.15) is 0 Å². The lowest BCUT2D eigenvalue weighted by Gasteiger charge is -2.31. The predicted molar refractivity (Wildman–Crippen MR) is 130 cm³/mol. The van der Waals surface area contributed by atoms with Gasteiger partial charge in [0.25, 0.3) is 0 Å². The third kappa shape index (κ3) is 4.79. The fourth-order valence-electron chi connectivity index (χ4n) is 4.90. The zero-order chi connectivity index (χ0) is 23.5. The first-order valence-electron chi connectivity index (χ1n) is 11.9. The number of benzene rings is 1. The van der Waals surface area contributed by atoms with Gasteiger partial charge in [-0.05, 0) is 50.7 Å². The molecule has 9 heteroatoms. The molecule has 0 spiro atoms. The monoisotopic (exact) mass is 481 g/mol. The van der Waals surface area contributed by atoms with E-state index in [1.807, 2.05) is 0 Å². The maximum Gasteiger partial charge on any atom is 0.223 e. The smallest absolute Gasteiger partial charge is 0.223 e. The fourth-order valence-corrected chi connectivity index (χ4v) is 5.12. The summed E-state index contributed by atoms with van der Waals surface area (Å²) in [5, 5.41) is 7.78. The van der Waals surface area contributed by atoms with Crippen LogP contribution in [0.1, 0.15) is 54.4 Å². The van der Waals surface area contributed by atoms with Crippen LogP contribution < -0.4 is 10.6 Å². The molecule has 5 rings (SSSR count). The normalized spacial score (nSPS) is 21.3. The summed E-state index contributed by atoms with van der Waals surface area (Å²) in [5.74, 6) is 0.643. The van der Waals surface area contributed by atoms with Crippen molar-refractivity contribution < 1.29 is 14.3 Å². The highest BCUT2D eigenvalue weighted by atomic mass is 35.5.